The highest BCUT2D eigenvalue weighted by Gasteiger charge is 2.23. The van der Waals surface area contributed by atoms with E-state index in [0.29, 0.717) is 19.6 Å². The molecule has 0 N–H and O–H groups in total. The first-order valence-corrected chi connectivity index (χ1v) is 6.33. The maximum atomic E-state index is 12.0. The van der Waals surface area contributed by atoms with E-state index in [1.165, 1.54) is 4.90 Å². The smallest absolute Gasteiger partial charge is 0.325 e. The molecule has 0 spiro atoms. The van der Waals surface area contributed by atoms with E-state index in [0.717, 1.165) is 19.4 Å². The molecule has 0 aromatic carbocycles. The van der Waals surface area contributed by atoms with Gasteiger partial charge in [0.05, 0.1) is 19.1 Å². The molecule has 1 heterocycles. The average Bonchev–Trinajstić information content (AvgIpc) is 2.81. The highest BCUT2D eigenvalue weighted by molar-refractivity contribution is 5.82. The van der Waals surface area contributed by atoms with E-state index in [-0.39, 0.29) is 24.5 Å². The number of carbonyl (C=O) groups is 2. The largest absolute Gasteiger partial charge is 0.465 e. The first kappa shape index (κ1) is 14.7. The fourth-order valence-corrected chi connectivity index (χ4v) is 1.90. The van der Waals surface area contributed by atoms with Gasteiger partial charge in [-0.05, 0) is 19.8 Å². The van der Waals surface area contributed by atoms with Gasteiger partial charge in [0.1, 0.15) is 6.54 Å². The molecule has 1 rings (SSSR count). The molecule has 1 fully saturated rings. The van der Waals surface area contributed by atoms with Crippen molar-refractivity contribution in [2.45, 2.75) is 32.3 Å². The summed E-state index contributed by atoms with van der Waals surface area (Å²) in [7, 11) is 0. The van der Waals surface area contributed by atoms with Gasteiger partial charge in [-0.3, -0.25) is 9.59 Å². The Morgan fingerprint density at radius 1 is 1.56 bits per heavy atom. The Labute approximate surface area is 108 Å². The quantitative estimate of drug-likeness (QED) is 0.505. The zero-order valence-corrected chi connectivity index (χ0v) is 10.9. The van der Waals surface area contributed by atoms with Crippen LogP contribution in [0.2, 0.25) is 0 Å². The molecule has 5 heteroatoms. The van der Waals surface area contributed by atoms with Crippen LogP contribution < -0.4 is 0 Å². The lowest BCUT2D eigenvalue weighted by molar-refractivity contribution is -0.149. The summed E-state index contributed by atoms with van der Waals surface area (Å²) in [5.41, 5.74) is 0. The van der Waals surface area contributed by atoms with Gasteiger partial charge in [-0.15, -0.1) is 6.58 Å². The Hall–Kier alpha value is -1.36. The molecule has 102 valence electrons. The third-order valence-electron chi connectivity index (χ3n) is 2.75. The molecule has 1 aliphatic rings. The summed E-state index contributed by atoms with van der Waals surface area (Å²) in [6.07, 6.45) is 3.83. The second-order valence-electron chi connectivity index (χ2n) is 4.21. The molecule has 0 bridgehead atoms. The second-order valence-corrected chi connectivity index (χ2v) is 4.21. The standard InChI is InChI=1S/C13H21NO4/c1-3-7-14(10-13(16)17-4-2)12(15)9-11-6-5-8-18-11/h3,11H,1,4-10H2,2H3. The first-order valence-electron chi connectivity index (χ1n) is 6.33. The molecule has 0 saturated carbocycles. The predicted octanol–water partition coefficient (Wildman–Crippen LogP) is 1.13. The molecule has 18 heavy (non-hydrogen) atoms. The summed E-state index contributed by atoms with van der Waals surface area (Å²) in [6, 6.07) is 0. The van der Waals surface area contributed by atoms with Crippen LogP contribution in [0.5, 0.6) is 0 Å². The Morgan fingerprint density at radius 2 is 2.33 bits per heavy atom. The minimum atomic E-state index is -0.389. The van der Waals surface area contributed by atoms with Crippen molar-refractivity contribution in [3.05, 3.63) is 12.7 Å². The molecule has 5 nitrogen and oxygen atoms in total. The third-order valence-corrected chi connectivity index (χ3v) is 2.75. The van der Waals surface area contributed by atoms with Gasteiger partial charge in [0.2, 0.25) is 5.91 Å². The lowest BCUT2D eigenvalue weighted by Gasteiger charge is -2.21. The van der Waals surface area contributed by atoms with Gasteiger partial charge in [-0.25, -0.2) is 0 Å². The van der Waals surface area contributed by atoms with Crippen LogP contribution in [0.3, 0.4) is 0 Å². The van der Waals surface area contributed by atoms with Crippen LogP contribution in [0.15, 0.2) is 12.7 Å². The number of hydrogen-bond acceptors (Lipinski definition) is 4. The molecule has 0 radical (unpaired) electrons. The highest BCUT2D eigenvalue weighted by Crippen LogP contribution is 2.16. The molecule has 0 aromatic rings. The van der Waals surface area contributed by atoms with Crippen LogP contribution in [-0.4, -0.2) is 49.2 Å². The second kappa shape index (κ2) is 7.87. The topological polar surface area (TPSA) is 55.8 Å². The van der Waals surface area contributed by atoms with Crippen LogP contribution in [0.4, 0.5) is 0 Å². The summed E-state index contributed by atoms with van der Waals surface area (Å²) in [4.78, 5) is 24.9. The highest BCUT2D eigenvalue weighted by atomic mass is 16.5. The summed E-state index contributed by atoms with van der Waals surface area (Å²) in [5.74, 6) is -0.477. The lowest BCUT2D eigenvalue weighted by Crippen LogP contribution is -2.38. The Morgan fingerprint density at radius 3 is 2.89 bits per heavy atom. The molecule has 1 saturated heterocycles. The van der Waals surface area contributed by atoms with Crippen molar-refractivity contribution in [1.29, 1.82) is 0 Å². The third kappa shape index (κ3) is 4.87. The molecule has 0 aliphatic carbocycles. The first-order chi connectivity index (χ1) is 8.67. The van der Waals surface area contributed by atoms with Gasteiger partial charge in [-0.1, -0.05) is 6.08 Å². The molecular formula is C13H21NO4. The van der Waals surface area contributed by atoms with Crippen molar-refractivity contribution in [2.75, 3.05) is 26.3 Å². The van der Waals surface area contributed by atoms with Crippen molar-refractivity contribution >= 4 is 11.9 Å². The number of carbonyl (C=O) groups excluding carboxylic acids is 2. The number of esters is 1. The SMILES string of the molecule is C=CCN(CC(=O)OCC)C(=O)CC1CCCO1. The Kier molecular flexibility index (Phi) is 6.43. The fraction of sp³-hybridized carbons (Fsp3) is 0.692. The van der Waals surface area contributed by atoms with Crippen LogP contribution in [-0.2, 0) is 19.1 Å². The molecule has 1 aliphatic heterocycles. The summed E-state index contributed by atoms with van der Waals surface area (Å²) >= 11 is 0. The van der Waals surface area contributed by atoms with E-state index in [9.17, 15) is 9.59 Å². The normalized spacial score (nSPS) is 18.4. The number of rotatable bonds is 7. The number of nitrogens with zero attached hydrogens (tertiary/aromatic N) is 1. The molecule has 1 unspecified atom stereocenters. The van der Waals surface area contributed by atoms with Gasteiger partial charge in [0, 0.05) is 13.2 Å². The predicted molar refractivity (Wildman–Crippen MR) is 67.0 cm³/mol. The maximum absolute atomic E-state index is 12.0. The Bertz CT molecular complexity index is 297. The maximum Gasteiger partial charge on any atom is 0.325 e. The van der Waals surface area contributed by atoms with Gasteiger partial charge >= 0.3 is 5.97 Å². The molecule has 1 amide bonds. The summed E-state index contributed by atoms with van der Waals surface area (Å²) in [6.45, 7) is 6.70. The summed E-state index contributed by atoms with van der Waals surface area (Å²) < 4.78 is 10.3. The zero-order valence-electron chi connectivity index (χ0n) is 10.9. The lowest BCUT2D eigenvalue weighted by atomic mass is 10.1. The molecular weight excluding hydrogens is 234 g/mol. The van der Waals surface area contributed by atoms with E-state index >= 15 is 0 Å². The minimum absolute atomic E-state index is 0.00740. The van der Waals surface area contributed by atoms with E-state index < -0.39 is 0 Å². The van der Waals surface area contributed by atoms with Gasteiger partial charge in [-0.2, -0.15) is 0 Å². The van der Waals surface area contributed by atoms with Crippen LogP contribution in [0.25, 0.3) is 0 Å². The van der Waals surface area contributed by atoms with Crippen LogP contribution in [0, 0.1) is 0 Å². The van der Waals surface area contributed by atoms with Crippen molar-refractivity contribution in [3.63, 3.8) is 0 Å². The van der Waals surface area contributed by atoms with Crippen LogP contribution in [0.1, 0.15) is 26.2 Å². The molecule has 1 atom stereocenters. The number of ether oxygens (including phenoxy) is 2. The van der Waals surface area contributed by atoms with Crippen LogP contribution >= 0.6 is 0 Å². The van der Waals surface area contributed by atoms with Crippen molar-refractivity contribution in [1.82, 2.24) is 4.90 Å². The number of amides is 1. The van der Waals surface area contributed by atoms with Gasteiger partial charge in [0.15, 0.2) is 0 Å². The Balaban J connectivity index is 2.45. The fourth-order valence-electron chi connectivity index (χ4n) is 1.90. The average molecular weight is 255 g/mol. The van der Waals surface area contributed by atoms with Crippen molar-refractivity contribution < 1.29 is 19.1 Å². The monoisotopic (exact) mass is 255 g/mol. The van der Waals surface area contributed by atoms with E-state index in [1.54, 1.807) is 13.0 Å². The summed E-state index contributed by atoms with van der Waals surface area (Å²) in [5, 5.41) is 0. The number of hydrogen-bond donors (Lipinski definition) is 0. The zero-order chi connectivity index (χ0) is 13.4. The van der Waals surface area contributed by atoms with E-state index in [4.69, 9.17) is 9.47 Å². The van der Waals surface area contributed by atoms with Crippen molar-refractivity contribution in [2.24, 2.45) is 0 Å². The van der Waals surface area contributed by atoms with Crippen molar-refractivity contribution in [3.8, 4) is 0 Å². The minimum Gasteiger partial charge on any atom is -0.465 e. The van der Waals surface area contributed by atoms with Gasteiger partial charge < -0.3 is 14.4 Å². The van der Waals surface area contributed by atoms with E-state index in [1.807, 2.05) is 0 Å². The van der Waals surface area contributed by atoms with E-state index in [2.05, 4.69) is 6.58 Å². The molecule has 0 aromatic heterocycles. The van der Waals surface area contributed by atoms with Gasteiger partial charge in [0.25, 0.3) is 0 Å².